The summed E-state index contributed by atoms with van der Waals surface area (Å²) in [6, 6.07) is 10.6. The summed E-state index contributed by atoms with van der Waals surface area (Å²) in [7, 11) is 0. The molecule has 0 aliphatic rings. The van der Waals surface area contributed by atoms with Gasteiger partial charge in [-0.05, 0) is 55.2 Å². The monoisotopic (exact) mass is 324 g/mol. The summed E-state index contributed by atoms with van der Waals surface area (Å²) in [6.45, 7) is 5.96. The van der Waals surface area contributed by atoms with Crippen molar-refractivity contribution in [2.24, 2.45) is 0 Å². The van der Waals surface area contributed by atoms with Gasteiger partial charge in [0, 0.05) is 22.3 Å². The highest BCUT2D eigenvalue weighted by atomic mass is 19.1. The van der Waals surface area contributed by atoms with Gasteiger partial charge in [0.05, 0.1) is 6.42 Å². The van der Waals surface area contributed by atoms with E-state index in [1.54, 1.807) is 6.07 Å². The normalized spacial score (nSPS) is 11.0. The number of hydrogen-bond acceptors (Lipinski definition) is 1. The van der Waals surface area contributed by atoms with E-state index in [1.807, 2.05) is 32.0 Å². The van der Waals surface area contributed by atoms with E-state index >= 15 is 0 Å². The molecule has 4 heteroatoms. The summed E-state index contributed by atoms with van der Waals surface area (Å²) >= 11 is 0. The van der Waals surface area contributed by atoms with Crippen LogP contribution >= 0.6 is 0 Å². The number of aromatic amines is 1. The Hall–Kier alpha value is -2.62. The van der Waals surface area contributed by atoms with Crippen LogP contribution in [-0.2, 0) is 17.6 Å². The second-order valence-corrected chi connectivity index (χ2v) is 6.11. The van der Waals surface area contributed by atoms with Gasteiger partial charge in [-0.15, -0.1) is 0 Å². The average Bonchev–Trinajstić information content (AvgIpc) is 2.85. The zero-order chi connectivity index (χ0) is 17.3. The predicted molar refractivity (Wildman–Crippen MR) is 95.9 cm³/mol. The van der Waals surface area contributed by atoms with Gasteiger partial charge in [-0.1, -0.05) is 25.1 Å². The Bertz CT molecular complexity index is 911. The maximum absolute atomic E-state index is 13.5. The fourth-order valence-electron chi connectivity index (χ4n) is 3.13. The molecule has 0 saturated heterocycles. The highest BCUT2D eigenvalue weighted by Gasteiger charge is 2.15. The van der Waals surface area contributed by atoms with Crippen molar-refractivity contribution in [3.8, 4) is 0 Å². The van der Waals surface area contributed by atoms with Crippen LogP contribution in [0.1, 0.15) is 29.3 Å². The van der Waals surface area contributed by atoms with E-state index < -0.39 is 0 Å². The van der Waals surface area contributed by atoms with Gasteiger partial charge in [0.1, 0.15) is 5.82 Å². The van der Waals surface area contributed by atoms with Crippen molar-refractivity contribution in [2.45, 2.75) is 33.6 Å². The van der Waals surface area contributed by atoms with Crippen molar-refractivity contribution in [1.29, 1.82) is 0 Å². The molecule has 0 spiro atoms. The van der Waals surface area contributed by atoms with E-state index in [1.165, 1.54) is 12.1 Å². The molecular weight excluding hydrogens is 303 g/mol. The Morgan fingerprint density at radius 2 is 2.00 bits per heavy atom. The second kappa shape index (κ2) is 6.48. The third-order valence-corrected chi connectivity index (χ3v) is 4.42. The molecule has 0 bridgehead atoms. The summed E-state index contributed by atoms with van der Waals surface area (Å²) in [5.74, 6) is -0.386. The number of para-hydroxylation sites is 1. The molecule has 0 saturated carbocycles. The number of aromatic nitrogens is 1. The number of amides is 1. The second-order valence-electron chi connectivity index (χ2n) is 6.11. The summed E-state index contributed by atoms with van der Waals surface area (Å²) < 4.78 is 13.5. The molecule has 3 rings (SSSR count). The van der Waals surface area contributed by atoms with Crippen molar-refractivity contribution in [1.82, 2.24) is 4.98 Å². The molecule has 1 amide bonds. The number of benzene rings is 2. The number of carbonyl (C=O) groups excluding carboxylic acids is 1. The Balaban J connectivity index is 1.89. The van der Waals surface area contributed by atoms with Crippen LogP contribution in [0.15, 0.2) is 36.4 Å². The molecule has 1 heterocycles. The number of fused-ring (bicyclic) bond motifs is 1. The molecular formula is C20H21FN2O. The van der Waals surface area contributed by atoms with Gasteiger partial charge in [0.2, 0.25) is 5.91 Å². The van der Waals surface area contributed by atoms with Crippen LogP contribution in [0, 0.1) is 19.7 Å². The predicted octanol–water partition coefficient (Wildman–Crippen LogP) is 4.67. The molecule has 0 fully saturated rings. The Labute approximate surface area is 140 Å². The Kier molecular flexibility index (Phi) is 4.38. The van der Waals surface area contributed by atoms with Gasteiger partial charge in [0.25, 0.3) is 0 Å². The van der Waals surface area contributed by atoms with Crippen molar-refractivity contribution in [2.75, 3.05) is 5.32 Å². The highest BCUT2D eigenvalue weighted by Crippen LogP contribution is 2.25. The smallest absolute Gasteiger partial charge is 0.228 e. The SMILES string of the molecule is CCc1cccc(C)c1NC(=O)Cc1c(C)[nH]c2ccc(F)cc12. The molecule has 0 aliphatic carbocycles. The molecule has 3 nitrogen and oxygen atoms in total. The van der Waals surface area contributed by atoms with Gasteiger partial charge in [-0.2, -0.15) is 0 Å². The zero-order valence-corrected chi connectivity index (χ0v) is 14.2. The third-order valence-electron chi connectivity index (χ3n) is 4.42. The van der Waals surface area contributed by atoms with Crippen LogP contribution in [0.3, 0.4) is 0 Å². The number of aryl methyl sites for hydroxylation is 3. The standard InChI is InChI=1S/C20H21FN2O/c1-4-14-7-5-6-12(2)20(14)23-19(24)11-16-13(3)22-18-9-8-15(21)10-17(16)18/h5-10,22H,4,11H2,1-3H3,(H,23,24). The van der Waals surface area contributed by atoms with E-state index in [-0.39, 0.29) is 18.1 Å². The molecule has 0 atom stereocenters. The fraction of sp³-hybridized carbons (Fsp3) is 0.250. The number of H-pyrrole nitrogens is 1. The quantitative estimate of drug-likeness (QED) is 0.720. The first-order chi connectivity index (χ1) is 11.5. The number of carbonyl (C=O) groups is 1. The minimum Gasteiger partial charge on any atom is -0.358 e. The van der Waals surface area contributed by atoms with Gasteiger partial charge in [-0.3, -0.25) is 4.79 Å². The lowest BCUT2D eigenvalue weighted by atomic mass is 10.0. The first kappa shape index (κ1) is 16.2. The molecule has 24 heavy (non-hydrogen) atoms. The largest absolute Gasteiger partial charge is 0.358 e. The van der Waals surface area contributed by atoms with Crippen molar-refractivity contribution >= 4 is 22.5 Å². The van der Waals surface area contributed by atoms with E-state index in [2.05, 4.69) is 17.2 Å². The molecule has 2 aromatic carbocycles. The van der Waals surface area contributed by atoms with Gasteiger partial charge >= 0.3 is 0 Å². The lowest BCUT2D eigenvalue weighted by Gasteiger charge is -2.13. The molecule has 0 aliphatic heterocycles. The molecule has 0 unspecified atom stereocenters. The van der Waals surface area contributed by atoms with Gasteiger partial charge < -0.3 is 10.3 Å². The van der Waals surface area contributed by atoms with Crippen LogP contribution in [0.25, 0.3) is 10.9 Å². The van der Waals surface area contributed by atoms with Crippen molar-refractivity contribution in [3.05, 3.63) is 64.6 Å². The number of halogens is 1. The van der Waals surface area contributed by atoms with Crippen molar-refractivity contribution < 1.29 is 9.18 Å². The minimum absolute atomic E-state index is 0.0905. The lowest BCUT2D eigenvalue weighted by Crippen LogP contribution is -2.16. The number of nitrogens with one attached hydrogen (secondary N) is 2. The van der Waals surface area contributed by atoms with E-state index in [0.29, 0.717) is 0 Å². The molecule has 1 aromatic heterocycles. The van der Waals surface area contributed by atoms with Crippen LogP contribution in [-0.4, -0.2) is 10.9 Å². The average molecular weight is 324 g/mol. The number of anilines is 1. The van der Waals surface area contributed by atoms with E-state index in [4.69, 9.17) is 0 Å². The highest BCUT2D eigenvalue weighted by molar-refractivity contribution is 5.97. The number of hydrogen-bond donors (Lipinski definition) is 2. The number of rotatable bonds is 4. The minimum atomic E-state index is -0.296. The van der Waals surface area contributed by atoms with Crippen LogP contribution in [0.5, 0.6) is 0 Å². The van der Waals surface area contributed by atoms with E-state index in [9.17, 15) is 9.18 Å². The Morgan fingerprint density at radius 1 is 1.21 bits per heavy atom. The van der Waals surface area contributed by atoms with Crippen LogP contribution in [0.2, 0.25) is 0 Å². The fourth-order valence-corrected chi connectivity index (χ4v) is 3.13. The van der Waals surface area contributed by atoms with Crippen molar-refractivity contribution in [3.63, 3.8) is 0 Å². The zero-order valence-electron chi connectivity index (χ0n) is 14.2. The molecule has 124 valence electrons. The van der Waals surface area contributed by atoms with Gasteiger partial charge in [0.15, 0.2) is 0 Å². The summed E-state index contributed by atoms with van der Waals surface area (Å²) in [6.07, 6.45) is 1.07. The molecule has 3 aromatic rings. The maximum Gasteiger partial charge on any atom is 0.228 e. The molecule has 2 N–H and O–H groups in total. The third kappa shape index (κ3) is 3.04. The lowest BCUT2D eigenvalue weighted by molar-refractivity contribution is -0.115. The topological polar surface area (TPSA) is 44.9 Å². The summed E-state index contributed by atoms with van der Waals surface area (Å²) in [4.78, 5) is 15.8. The first-order valence-electron chi connectivity index (χ1n) is 8.14. The molecule has 0 radical (unpaired) electrons. The first-order valence-corrected chi connectivity index (χ1v) is 8.14. The summed E-state index contributed by atoms with van der Waals surface area (Å²) in [5.41, 5.74) is 5.63. The van der Waals surface area contributed by atoms with Crippen LogP contribution in [0.4, 0.5) is 10.1 Å². The van der Waals surface area contributed by atoms with Gasteiger partial charge in [-0.25, -0.2) is 4.39 Å². The summed E-state index contributed by atoms with van der Waals surface area (Å²) in [5, 5.41) is 3.79. The maximum atomic E-state index is 13.5. The van der Waals surface area contributed by atoms with Crippen LogP contribution < -0.4 is 5.32 Å². The Morgan fingerprint density at radius 3 is 2.75 bits per heavy atom. The van der Waals surface area contributed by atoms with E-state index in [0.717, 1.165) is 45.4 Å².